The van der Waals surface area contributed by atoms with Crippen molar-refractivity contribution in [2.24, 2.45) is 5.92 Å². The lowest BCUT2D eigenvalue weighted by Gasteiger charge is -2.16. The van der Waals surface area contributed by atoms with E-state index in [0.717, 1.165) is 25.0 Å². The molecule has 0 saturated heterocycles. The van der Waals surface area contributed by atoms with E-state index in [1.165, 1.54) is 11.0 Å². The molecule has 2 rings (SSSR count). The lowest BCUT2D eigenvalue weighted by molar-refractivity contribution is -0.385. The number of nitro benzene ring substituents is 1. The van der Waals surface area contributed by atoms with Crippen molar-refractivity contribution in [1.82, 2.24) is 4.90 Å². The molecule has 1 aliphatic rings. The third kappa shape index (κ3) is 2.58. The molecule has 0 bridgehead atoms. The molecule has 0 spiro atoms. The highest BCUT2D eigenvalue weighted by Crippen LogP contribution is 2.30. The number of hydrogen-bond acceptors (Lipinski definition) is 4. The highest BCUT2D eigenvalue weighted by Gasteiger charge is 2.28. The van der Waals surface area contributed by atoms with Gasteiger partial charge in [0.1, 0.15) is 11.3 Å². The van der Waals surface area contributed by atoms with Crippen LogP contribution in [-0.4, -0.2) is 34.4 Å². The summed E-state index contributed by atoms with van der Waals surface area (Å²) in [4.78, 5) is 23.8. The normalized spacial score (nSPS) is 14.3. The predicted octanol–water partition coefficient (Wildman–Crippen LogP) is 1.78. The monoisotopic (exact) mass is 250 g/mol. The molecule has 1 N–H and O–H groups in total. The minimum Gasteiger partial charge on any atom is -0.508 e. The maximum absolute atomic E-state index is 12.1. The first-order valence-corrected chi connectivity index (χ1v) is 5.72. The van der Waals surface area contributed by atoms with Crippen LogP contribution >= 0.6 is 0 Å². The van der Waals surface area contributed by atoms with Gasteiger partial charge < -0.3 is 10.0 Å². The molecule has 0 atom stereocenters. The van der Waals surface area contributed by atoms with E-state index in [9.17, 15) is 20.0 Å². The first kappa shape index (κ1) is 12.3. The number of aromatic hydroxyl groups is 1. The Morgan fingerprint density at radius 1 is 1.56 bits per heavy atom. The van der Waals surface area contributed by atoms with Crippen molar-refractivity contribution in [2.75, 3.05) is 13.6 Å². The summed E-state index contributed by atoms with van der Waals surface area (Å²) < 4.78 is 0. The molecule has 6 nitrogen and oxygen atoms in total. The van der Waals surface area contributed by atoms with Crippen LogP contribution in [0.3, 0.4) is 0 Å². The number of nitro groups is 1. The Labute approximate surface area is 104 Å². The molecule has 1 aromatic rings. The molecule has 1 fully saturated rings. The molecule has 1 aliphatic carbocycles. The van der Waals surface area contributed by atoms with Crippen molar-refractivity contribution >= 4 is 11.6 Å². The van der Waals surface area contributed by atoms with E-state index in [4.69, 9.17) is 0 Å². The van der Waals surface area contributed by atoms with Crippen molar-refractivity contribution in [3.8, 4) is 5.75 Å². The molecule has 0 heterocycles. The first-order chi connectivity index (χ1) is 8.49. The molecular weight excluding hydrogens is 236 g/mol. The number of amides is 1. The van der Waals surface area contributed by atoms with Gasteiger partial charge in [-0.2, -0.15) is 0 Å². The third-order valence-corrected chi connectivity index (χ3v) is 2.98. The molecule has 1 saturated carbocycles. The Morgan fingerprint density at radius 2 is 2.22 bits per heavy atom. The highest BCUT2D eigenvalue weighted by atomic mass is 16.6. The summed E-state index contributed by atoms with van der Waals surface area (Å²) >= 11 is 0. The van der Waals surface area contributed by atoms with Gasteiger partial charge in [0, 0.05) is 19.7 Å². The van der Waals surface area contributed by atoms with Gasteiger partial charge in [-0.25, -0.2) is 0 Å². The molecule has 0 unspecified atom stereocenters. The van der Waals surface area contributed by atoms with Gasteiger partial charge in [-0.15, -0.1) is 0 Å². The Balaban J connectivity index is 2.26. The van der Waals surface area contributed by atoms with Crippen LogP contribution in [0.4, 0.5) is 5.69 Å². The Hall–Kier alpha value is -2.11. The molecule has 96 valence electrons. The number of phenols is 1. The number of rotatable bonds is 4. The zero-order valence-electron chi connectivity index (χ0n) is 10.00. The molecule has 6 heteroatoms. The predicted molar refractivity (Wildman–Crippen MR) is 64.4 cm³/mol. The number of benzene rings is 1. The van der Waals surface area contributed by atoms with E-state index in [1.807, 2.05) is 0 Å². The fourth-order valence-electron chi connectivity index (χ4n) is 1.83. The van der Waals surface area contributed by atoms with Gasteiger partial charge >= 0.3 is 0 Å². The molecule has 1 amide bonds. The second-order valence-electron chi connectivity index (χ2n) is 4.59. The summed E-state index contributed by atoms with van der Waals surface area (Å²) in [5.41, 5.74) is -0.344. The number of carbonyl (C=O) groups excluding carboxylic acids is 1. The average molecular weight is 250 g/mol. The van der Waals surface area contributed by atoms with Crippen LogP contribution in [0.2, 0.25) is 0 Å². The van der Waals surface area contributed by atoms with Crippen LogP contribution in [0.5, 0.6) is 5.75 Å². The fourth-order valence-corrected chi connectivity index (χ4v) is 1.83. The smallest absolute Gasteiger partial charge is 0.282 e. The van der Waals surface area contributed by atoms with Crippen molar-refractivity contribution in [3.63, 3.8) is 0 Å². The van der Waals surface area contributed by atoms with Gasteiger partial charge in [-0.3, -0.25) is 14.9 Å². The van der Waals surface area contributed by atoms with Gasteiger partial charge in [-0.05, 0) is 30.9 Å². The summed E-state index contributed by atoms with van der Waals surface area (Å²) in [7, 11) is 1.62. The van der Waals surface area contributed by atoms with Crippen LogP contribution in [0.15, 0.2) is 18.2 Å². The van der Waals surface area contributed by atoms with Gasteiger partial charge in [0.25, 0.3) is 11.6 Å². The topological polar surface area (TPSA) is 83.7 Å². The Bertz CT molecular complexity index is 497. The van der Waals surface area contributed by atoms with Crippen molar-refractivity contribution in [3.05, 3.63) is 33.9 Å². The third-order valence-electron chi connectivity index (χ3n) is 2.98. The van der Waals surface area contributed by atoms with Crippen LogP contribution in [0, 0.1) is 16.0 Å². The van der Waals surface area contributed by atoms with E-state index in [1.54, 1.807) is 7.05 Å². The molecule has 0 aliphatic heterocycles. The minimum atomic E-state index is -0.613. The summed E-state index contributed by atoms with van der Waals surface area (Å²) in [6.45, 7) is 0.603. The Morgan fingerprint density at radius 3 is 2.78 bits per heavy atom. The molecule has 18 heavy (non-hydrogen) atoms. The van der Waals surface area contributed by atoms with Crippen LogP contribution in [0.25, 0.3) is 0 Å². The van der Waals surface area contributed by atoms with Crippen LogP contribution in [0.1, 0.15) is 23.2 Å². The van der Waals surface area contributed by atoms with Crippen molar-refractivity contribution < 1.29 is 14.8 Å². The number of nitrogens with zero attached hydrogens (tertiary/aromatic N) is 2. The highest BCUT2D eigenvalue weighted by molar-refractivity contribution is 5.98. The van der Waals surface area contributed by atoms with Gasteiger partial charge in [0.05, 0.1) is 4.92 Å². The zero-order chi connectivity index (χ0) is 13.3. The standard InChI is InChI=1S/C12H14N2O4/c1-13(7-8-2-3-8)12(16)10-6-9(15)4-5-11(10)14(17)18/h4-6,8,15H,2-3,7H2,1H3. The summed E-state index contributed by atoms with van der Waals surface area (Å²) in [6, 6.07) is 3.49. The van der Waals surface area contributed by atoms with Crippen molar-refractivity contribution in [2.45, 2.75) is 12.8 Å². The summed E-state index contributed by atoms with van der Waals surface area (Å²) in [5, 5.41) is 20.2. The molecule has 0 radical (unpaired) electrons. The van der Waals surface area contributed by atoms with Gasteiger partial charge in [0.2, 0.25) is 0 Å². The largest absolute Gasteiger partial charge is 0.508 e. The van der Waals surface area contributed by atoms with E-state index in [2.05, 4.69) is 0 Å². The lowest BCUT2D eigenvalue weighted by Crippen LogP contribution is -2.29. The lowest BCUT2D eigenvalue weighted by atomic mass is 10.1. The minimum absolute atomic E-state index is 0.0665. The summed E-state index contributed by atoms with van der Waals surface area (Å²) in [6.07, 6.45) is 2.19. The van der Waals surface area contributed by atoms with E-state index >= 15 is 0 Å². The average Bonchev–Trinajstić information content (AvgIpc) is 3.11. The van der Waals surface area contributed by atoms with Gasteiger partial charge in [-0.1, -0.05) is 0 Å². The first-order valence-electron chi connectivity index (χ1n) is 5.72. The molecule has 0 aromatic heterocycles. The quantitative estimate of drug-likeness (QED) is 0.652. The second-order valence-corrected chi connectivity index (χ2v) is 4.59. The van der Waals surface area contributed by atoms with E-state index in [-0.39, 0.29) is 17.0 Å². The summed E-state index contributed by atoms with van der Waals surface area (Å²) in [5.74, 6) is -0.0661. The second kappa shape index (κ2) is 4.64. The Kier molecular flexibility index (Phi) is 3.18. The van der Waals surface area contributed by atoms with Crippen molar-refractivity contribution in [1.29, 1.82) is 0 Å². The van der Waals surface area contributed by atoms with Gasteiger partial charge in [0.15, 0.2) is 0 Å². The maximum atomic E-state index is 12.1. The number of hydrogen-bond donors (Lipinski definition) is 1. The zero-order valence-corrected chi connectivity index (χ0v) is 10.00. The molecular formula is C12H14N2O4. The number of phenolic OH excluding ortho intramolecular Hbond substituents is 1. The SMILES string of the molecule is CN(CC1CC1)C(=O)c1cc(O)ccc1[N+](=O)[O-]. The van der Waals surface area contributed by atoms with E-state index in [0.29, 0.717) is 12.5 Å². The van der Waals surface area contributed by atoms with E-state index < -0.39 is 10.8 Å². The van der Waals surface area contributed by atoms with Crippen LogP contribution < -0.4 is 0 Å². The molecule has 1 aromatic carbocycles. The van der Waals surface area contributed by atoms with Crippen LogP contribution in [-0.2, 0) is 0 Å². The fraction of sp³-hybridized carbons (Fsp3) is 0.417. The maximum Gasteiger partial charge on any atom is 0.282 e. The number of carbonyl (C=O) groups is 1.